The summed E-state index contributed by atoms with van der Waals surface area (Å²) in [6.07, 6.45) is -4.63. The summed E-state index contributed by atoms with van der Waals surface area (Å²) in [5, 5.41) is 2.62. The lowest BCUT2D eigenvalue weighted by molar-refractivity contribution is -0.145. The van der Waals surface area contributed by atoms with Crippen LogP contribution in [-0.2, 0) is 27.9 Å². The molecule has 8 heteroatoms. The van der Waals surface area contributed by atoms with E-state index in [0.717, 1.165) is 11.6 Å². The Hall–Kier alpha value is -2.74. The van der Waals surface area contributed by atoms with Crippen LogP contribution in [0.4, 0.5) is 13.2 Å². The van der Waals surface area contributed by atoms with Crippen molar-refractivity contribution in [3.8, 4) is 0 Å². The number of carbonyl (C=O) groups is 1. The van der Waals surface area contributed by atoms with Gasteiger partial charge in [-0.25, -0.2) is 4.98 Å². The molecule has 1 aromatic carbocycles. The Balaban J connectivity index is 2.04. The predicted molar refractivity (Wildman–Crippen MR) is 81.9 cm³/mol. The maximum Gasteiger partial charge on any atom is 0.433 e. The molecule has 5 nitrogen and oxygen atoms in total. The van der Waals surface area contributed by atoms with E-state index in [1.807, 2.05) is 0 Å². The first-order valence-corrected chi connectivity index (χ1v) is 7.47. The van der Waals surface area contributed by atoms with Gasteiger partial charge in [-0.15, -0.1) is 0 Å². The molecule has 1 amide bonds. The maximum absolute atomic E-state index is 13.2. The Labute approximate surface area is 140 Å². The second-order valence-electron chi connectivity index (χ2n) is 5.74. The lowest BCUT2D eigenvalue weighted by Crippen LogP contribution is -2.53. The van der Waals surface area contributed by atoms with Crippen molar-refractivity contribution >= 4 is 11.7 Å². The summed E-state index contributed by atoms with van der Waals surface area (Å²) in [5.74, 6) is -0.433. The molecule has 25 heavy (non-hydrogen) atoms. The molecule has 0 unspecified atom stereocenters. The summed E-state index contributed by atoms with van der Waals surface area (Å²) in [5.41, 5.74) is -1.33. The van der Waals surface area contributed by atoms with Gasteiger partial charge in [-0.2, -0.15) is 13.2 Å². The molecule has 2 aliphatic heterocycles. The van der Waals surface area contributed by atoms with E-state index in [9.17, 15) is 18.0 Å². The molecule has 0 bridgehead atoms. The van der Waals surface area contributed by atoms with Gasteiger partial charge in [0.05, 0.1) is 12.3 Å². The number of amides is 1. The Morgan fingerprint density at radius 1 is 1.24 bits per heavy atom. The first-order chi connectivity index (χ1) is 11.9. The van der Waals surface area contributed by atoms with E-state index < -0.39 is 23.4 Å². The van der Waals surface area contributed by atoms with E-state index in [-0.39, 0.29) is 18.1 Å². The summed E-state index contributed by atoms with van der Waals surface area (Å²) >= 11 is 0. The van der Waals surface area contributed by atoms with Crippen molar-refractivity contribution in [2.24, 2.45) is 4.99 Å². The van der Waals surface area contributed by atoms with E-state index in [1.54, 1.807) is 24.3 Å². The van der Waals surface area contributed by atoms with Crippen molar-refractivity contribution in [3.05, 3.63) is 64.5 Å². The molecule has 1 spiro atoms. The van der Waals surface area contributed by atoms with Crippen molar-refractivity contribution in [3.63, 3.8) is 0 Å². The van der Waals surface area contributed by atoms with E-state index in [2.05, 4.69) is 15.3 Å². The summed E-state index contributed by atoms with van der Waals surface area (Å²) in [4.78, 5) is 20.6. The van der Waals surface area contributed by atoms with Crippen LogP contribution in [0, 0.1) is 0 Å². The minimum absolute atomic E-state index is 0.0865. The number of alkyl halides is 3. The number of hydrogen-bond donors (Lipinski definition) is 1. The standard InChI is InChI=1S/C17H12F3N3O2/c1-21-14-10-6-7-12(17(18,19)20)22-13(10)16(15(24)23-14)11-5-3-2-4-9(11)8-25-16/h2-7H,8H2,1H3,(H,21,23,24)/t16-/m0/s1. The van der Waals surface area contributed by atoms with Gasteiger partial charge < -0.3 is 10.1 Å². The first kappa shape index (κ1) is 15.8. The Bertz CT molecular complexity index is 924. The molecule has 2 aliphatic rings. The number of aliphatic imine (C=N–C) groups is 1. The number of carbonyl (C=O) groups excluding carboxylic acids is 1. The number of aromatic nitrogens is 1. The van der Waals surface area contributed by atoms with Crippen LogP contribution in [0.1, 0.15) is 28.1 Å². The van der Waals surface area contributed by atoms with Crippen molar-refractivity contribution in [1.82, 2.24) is 10.3 Å². The largest absolute Gasteiger partial charge is 0.433 e. The molecule has 0 aliphatic carbocycles. The summed E-state index contributed by atoms with van der Waals surface area (Å²) in [6.45, 7) is 0.111. The van der Waals surface area contributed by atoms with Gasteiger partial charge in [0.2, 0.25) is 5.60 Å². The van der Waals surface area contributed by atoms with Gasteiger partial charge in [0.25, 0.3) is 5.91 Å². The van der Waals surface area contributed by atoms with E-state index in [4.69, 9.17) is 4.74 Å². The fourth-order valence-electron chi connectivity index (χ4n) is 3.26. The lowest BCUT2D eigenvalue weighted by Gasteiger charge is -2.34. The van der Waals surface area contributed by atoms with Crippen molar-refractivity contribution in [1.29, 1.82) is 0 Å². The minimum atomic E-state index is -4.63. The Morgan fingerprint density at radius 2 is 2.00 bits per heavy atom. The highest BCUT2D eigenvalue weighted by atomic mass is 19.4. The highest BCUT2D eigenvalue weighted by molar-refractivity contribution is 6.16. The van der Waals surface area contributed by atoms with Gasteiger partial charge in [-0.1, -0.05) is 24.3 Å². The van der Waals surface area contributed by atoms with Crippen molar-refractivity contribution < 1.29 is 22.7 Å². The number of nitrogens with one attached hydrogen (secondary N) is 1. The number of ether oxygens (including phenoxy) is 1. The highest BCUT2D eigenvalue weighted by Crippen LogP contribution is 2.45. The summed E-state index contributed by atoms with van der Waals surface area (Å²) < 4.78 is 45.3. The van der Waals surface area contributed by atoms with Crippen LogP contribution in [0.25, 0.3) is 0 Å². The van der Waals surface area contributed by atoms with Gasteiger partial charge in [0.1, 0.15) is 11.5 Å². The number of rotatable bonds is 0. The topological polar surface area (TPSA) is 63.6 Å². The molecule has 2 aromatic rings. The van der Waals surface area contributed by atoms with Crippen LogP contribution in [-0.4, -0.2) is 23.8 Å². The van der Waals surface area contributed by atoms with Gasteiger partial charge in [0, 0.05) is 18.2 Å². The van der Waals surface area contributed by atoms with Crippen LogP contribution in [0.2, 0.25) is 0 Å². The molecule has 4 rings (SSSR count). The molecule has 0 saturated carbocycles. The quantitative estimate of drug-likeness (QED) is 0.796. The second-order valence-corrected chi connectivity index (χ2v) is 5.74. The molecule has 0 saturated heterocycles. The Morgan fingerprint density at radius 3 is 2.72 bits per heavy atom. The van der Waals surface area contributed by atoms with Crippen molar-refractivity contribution in [2.75, 3.05) is 7.05 Å². The number of fused-ring (bicyclic) bond motifs is 4. The first-order valence-electron chi connectivity index (χ1n) is 7.47. The molecule has 3 heterocycles. The fourth-order valence-corrected chi connectivity index (χ4v) is 3.26. The van der Waals surface area contributed by atoms with Gasteiger partial charge in [0.15, 0.2) is 0 Å². The van der Waals surface area contributed by atoms with Gasteiger partial charge >= 0.3 is 6.18 Å². The van der Waals surface area contributed by atoms with Crippen LogP contribution >= 0.6 is 0 Å². The zero-order valence-electron chi connectivity index (χ0n) is 13.0. The van der Waals surface area contributed by atoms with Crippen LogP contribution < -0.4 is 5.32 Å². The third kappa shape index (κ3) is 2.10. The third-order valence-corrected chi connectivity index (χ3v) is 4.39. The van der Waals surface area contributed by atoms with Crippen molar-refractivity contribution in [2.45, 2.75) is 18.4 Å². The number of pyridine rings is 1. The highest BCUT2D eigenvalue weighted by Gasteiger charge is 2.54. The molecule has 1 atom stereocenters. The smallest absolute Gasteiger partial charge is 0.350 e. The van der Waals surface area contributed by atoms with E-state index in [1.165, 1.54) is 13.1 Å². The fraction of sp³-hybridized carbons (Fsp3) is 0.235. The van der Waals surface area contributed by atoms with Gasteiger partial charge in [-0.3, -0.25) is 9.79 Å². The maximum atomic E-state index is 13.2. The van der Waals surface area contributed by atoms with Crippen LogP contribution in [0.3, 0.4) is 0 Å². The number of hydrogen-bond acceptors (Lipinski definition) is 4. The third-order valence-electron chi connectivity index (χ3n) is 4.39. The summed E-state index contributed by atoms with van der Waals surface area (Å²) in [7, 11) is 1.44. The Kier molecular flexibility index (Phi) is 3.23. The number of halogens is 3. The monoisotopic (exact) mass is 347 g/mol. The van der Waals surface area contributed by atoms with E-state index in [0.29, 0.717) is 11.1 Å². The average Bonchev–Trinajstić information content (AvgIpc) is 2.98. The lowest BCUT2D eigenvalue weighted by atomic mass is 9.83. The zero-order valence-corrected chi connectivity index (χ0v) is 13.0. The number of benzene rings is 1. The molecular formula is C17H12F3N3O2. The molecule has 128 valence electrons. The molecule has 1 aromatic heterocycles. The summed E-state index contributed by atoms with van der Waals surface area (Å²) in [6, 6.07) is 9.06. The van der Waals surface area contributed by atoms with E-state index >= 15 is 0 Å². The molecule has 0 fully saturated rings. The SMILES string of the molecule is CN=C1NC(=O)[C@@]2(OCc3ccccc32)c2nc(C(F)(F)F)ccc21. The predicted octanol–water partition coefficient (Wildman–Crippen LogP) is 2.38. The number of nitrogens with zero attached hydrogens (tertiary/aromatic N) is 2. The molecule has 0 radical (unpaired) electrons. The number of amidine groups is 1. The zero-order chi connectivity index (χ0) is 17.8. The van der Waals surface area contributed by atoms with Gasteiger partial charge in [-0.05, 0) is 17.7 Å². The second kappa shape index (κ2) is 5.13. The minimum Gasteiger partial charge on any atom is -0.350 e. The van der Waals surface area contributed by atoms with Crippen LogP contribution in [0.15, 0.2) is 41.4 Å². The molecule has 1 N–H and O–H groups in total. The average molecular weight is 347 g/mol. The molecular weight excluding hydrogens is 335 g/mol. The normalized spacial score (nSPS) is 23.5. The van der Waals surface area contributed by atoms with Crippen LogP contribution in [0.5, 0.6) is 0 Å².